The third kappa shape index (κ3) is 6.95. The monoisotopic (exact) mass is 188 g/mol. The van der Waals surface area contributed by atoms with Crippen molar-refractivity contribution in [2.75, 3.05) is 6.54 Å². The lowest BCUT2D eigenvalue weighted by atomic mass is 9.92. The van der Waals surface area contributed by atoms with Gasteiger partial charge in [-0.25, -0.2) is 0 Å². The van der Waals surface area contributed by atoms with Gasteiger partial charge in [0.2, 0.25) is 0 Å². The molecule has 8 N–H and O–H groups in total. The summed E-state index contributed by atoms with van der Waals surface area (Å²) in [6.45, 7) is 2.46. The highest BCUT2D eigenvalue weighted by Gasteiger charge is 2.16. The van der Waals surface area contributed by atoms with Crippen LogP contribution in [0.5, 0.6) is 0 Å². The minimum absolute atomic E-state index is 0.162. The normalized spacial score (nSPS) is 30.2. The van der Waals surface area contributed by atoms with E-state index < -0.39 is 0 Å². The Bertz CT molecular complexity index is 106. The first kappa shape index (κ1) is 12.8. The van der Waals surface area contributed by atoms with Gasteiger partial charge in [0.1, 0.15) is 0 Å². The fraction of sp³-hybridized carbons (Fsp3) is 1.00. The van der Waals surface area contributed by atoms with Crippen molar-refractivity contribution in [1.82, 2.24) is 0 Å². The van der Waals surface area contributed by atoms with E-state index in [-0.39, 0.29) is 18.1 Å². The number of hydrogen-bond donors (Lipinski definition) is 4. The van der Waals surface area contributed by atoms with E-state index in [2.05, 4.69) is 0 Å². The Labute approximate surface area is 81.0 Å². The molecule has 0 amide bonds. The summed E-state index contributed by atoms with van der Waals surface area (Å²) in [5.74, 6) is 0. The van der Waals surface area contributed by atoms with Gasteiger partial charge in [-0.1, -0.05) is 12.8 Å². The van der Waals surface area contributed by atoms with Gasteiger partial charge in [0.05, 0.1) is 0 Å². The van der Waals surface area contributed by atoms with E-state index in [0.717, 1.165) is 12.8 Å². The molecule has 0 radical (unpaired) electrons. The molecule has 80 valence electrons. The van der Waals surface area contributed by atoms with E-state index in [1.54, 1.807) is 0 Å². The van der Waals surface area contributed by atoms with Gasteiger partial charge >= 0.3 is 0 Å². The Kier molecular flexibility index (Phi) is 7.17. The molecular formula is C9H24N4. The molecule has 1 saturated carbocycles. The van der Waals surface area contributed by atoms with E-state index in [4.69, 9.17) is 22.9 Å². The van der Waals surface area contributed by atoms with Crippen LogP contribution in [0.3, 0.4) is 0 Å². The van der Waals surface area contributed by atoms with Crippen LogP contribution in [0.4, 0.5) is 0 Å². The molecule has 0 aromatic carbocycles. The third-order valence-electron chi connectivity index (χ3n) is 2.25. The number of hydrogen-bond acceptors (Lipinski definition) is 4. The summed E-state index contributed by atoms with van der Waals surface area (Å²) in [6, 6.07) is 0.725. The second-order valence-corrected chi connectivity index (χ2v) is 3.83. The molecule has 3 unspecified atom stereocenters. The summed E-state index contributed by atoms with van der Waals surface area (Å²) in [5, 5.41) is 0. The van der Waals surface area contributed by atoms with Crippen molar-refractivity contribution in [1.29, 1.82) is 0 Å². The van der Waals surface area contributed by atoms with Crippen molar-refractivity contribution < 1.29 is 0 Å². The summed E-state index contributed by atoms with van der Waals surface area (Å²) in [5.41, 5.74) is 21.5. The molecule has 0 spiro atoms. The van der Waals surface area contributed by atoms with Crippen LogP contribution < -0.4 is 22.9 Å². The van der Waals surface area contributed by atoms with E-state index in [1.165, 1.54) is 12.8 Å². The van der Waals surface area contributed by atoms with Gasteiger partial charge in [0.25, 0.3) is 0 Å². The second-order valence-electron chi connectivity index (χ2n) is 3.83. The molecule has 0 aliphatic heterocycles. The summed E-state index contributed by atoms with van der Waals surface area (Å²) in [4.78, 5) is 0. The Morgan fingerprint density at radius 2 is 1.46 bits per heavy atom. The predicted octanol–water partition coefficient (Wildman–Crippen LogP) is -0.493. The maximum Gasteiger partial charge on any atom is 0.0192 e. The van der Waals surface area contributed by atoms with Crippen molar-refractivity contribution in [3.05, 3.63) is 0 Å². The van der Waals surface area contributed by atoms with Gasteiger partial charge in [0.15, 0.2) is 0 Å². The van der Waals surface area contributed by atoms with Crippen molar-refractivity contribution in [3.63, 3.8) is 0 Å². The molecule has 3 atom stereocenters. The van der Waals surface area contributed by atoms with Crippen molar-refractivity contribution in [3.8, 4) is 0 Å². The standard InChI is InChI=1S/C6H14N2.C3H10N2/c7-5-3-1-2-4-6(5)8;1-3(5)2-4/h5-6H,1-4,7-8H2;3H,2,4-5H2,1H3. The first-order valence-corrected chi connectivity index (χ1v) is 5.04. The molecule has 4 heteroatoms. The molecule has 1 fully saturated rings. The highest BCUT2D eigenvalue weighted by atomic mass is 14.8. The van der Waals surface area contributed by atoms with Crippen molar-refractivity contribution >= 4 is 0 Å². The molecule has 13 heavy (non-hydrogen) atoms. The van der Waals surface area contributed by atoms with Gasteiger partial charge < -0.3 is 22.9 Å². The first-order valence-electron chi connectivity index (χ1n) is 5.04. The van der Waals surface area contributed by atoms with Crippen LogP contribution in [-0.2, 0) is 0 Å². The fourth-order valence-corrected chi connectivity index (χ4v) is 1.19. The zero-order valence-corrected chi connectivity index (χ0v) is 8.58. The topological polar surface area (TPSA) is 104 Å². The number of rotatable bonds is 1. The largest absolute Gasteiger partial charge is 0.329 e. The lowest BCUT2D eigenvalue weighted by Gasteiger charge is -2.24. The van der Waals surface area contributed by atoms with Crippen LogP contribution in [0.1, 0.15) is 32.6 Å². The predicted molar refractivity (Wildman–Crippen MR) is 57.1 cm³/mol. The fourth-order valence-electron chi connectivity index (χ4n) is 1.19. The van der Waals surface area contributed by atoms with Crippen molar-refractivity contribution in [2.24, 2.45) is 22.9 Å². The SMILES string of the molecule is CC(N)CN.NC1CCCCC1N. The van der Waals surface area contributed by atoms with E-state index in [1.807, 2.05) is 6.92 Å². The van der Waals surface area contributed by atoms with Gasteiger partial charge in [0, 0.05) is 24.7 Å². The van der Waals surface area contributed by atoms with Gasteiger partial charge in [-0.2, -0.15) is 0 Å². The average Bonchev–Trinajstić information content (AvgIpc) is 2.11. The summed E-state index contributed by atoms with van der Waals surface area (Å²) in [6.07, 6.45) is 4.80. The van der Waals surface area contributed by atoms with Crippen LogP contribution in [0.15, 0.2) is 0 Å². The van der Waals surface area contributed by atoms with Crippen molar-refractivity contribution in [2.45, 2.75) is 50.7 Å². The van der Waals surface area contributed by atoms with Crippen LogP contribution in [0.25, 0.3) is 0 Å². The average molecular weight is 188 g/mol. The molecule has 1 aliphatic rings. The maximum absolute atomic E-state index is 5.65. The van der Waals surface area contributed by atoms with Crippen LogP contribution in [0.2, 0.25) is 0 Å². The van der Waals surface area contributed by atoms with Crippen LogP contribution in [-0.4, -0.2) is 24.7 Å². The first-order chi connectivity index (χ1) is 6.07. The molecule has 4 nitrogen and oxygen atoms in total. The minimum atomic E-state index is 0.162. The lowest BCUT2D eigenvalue weighted by Crippen LogP contribution is -2.43. The Balaban J connectivity index is 0.000000252. The third-order valence-corrected chi connectivity index (χ3v) is 2.25. The van der Waals surface area contributed by atoms with Gasteiger partial charge in [-0.05, 0) is 19.8 Å². The summed E-state index contributed by atoms with van der Waals surface area (Å²) >= 11 is 0. The molecule has 0 saturated heterocycles. The zero-order chi connectivity index (χ0) is 10.3. The van der Waals surface area contributed by atoms with Gasteiger partial charge in [-0.15, -0.1) is 0 Å². The van der Waals surface area contributed by atoms with Crippen LogP contribution in [0, 0.1) is 0 Å². The highest BCUT2D eigenvalue weighted by molar-refractivity contribution is 4.79. The Morgan fingerprint density at radius 1 is 1.15 bits per heavy atom. The minimum Gasteiger partial charge on any atom is -0.329 e. The van der Waals surface area contributed by atoms with Gasteiger partial charge in [-0.3, -0.25) is 0 Å². The molecule has 0 aromatic heterocycles. The maximum atomic E-state index is 5.65. The molecule has 0 bridgehead atoms. The number of nitrogens with two attached hydrogens (primary N) is 4. The lowest BCUT2D eigenvalue weighted by molar-refractivity contribution is 0.385. The quantitative estimate of drug-likeness (QED) is 0.445. The molecule has 1 aliphatic carbocycles. The molecule has 0 aromatic rings. The smallest absolute Gasteiger partial charge is 0.0192 e. The van der Waals surface area contributed by atoms with E-state index in [0.29, 0.717) is 6.54 Å². The molecule has 0 heterocycles. The molecular weight excluding hydrogens is 164 g/mol. The zero-order valence-electron chi connectivity index (χ0n) is 8.58. The van der Waals surface area contributed by atoms with Crippen LogP contribution >= 0.6 is 0 Å². The molecule has 1 rings (SSSR count). The summed E-state index contributed by atoms with van der Waals surface area (Å²) < 4.78 is 0. The Hall–Kier alpha value is -0.160. The highest BCUT2D eigenvalue weighted by Crippen LogP contribution is 2.14. The van der Waals surface area contributed by atoms with E-state index in [9.17, 15) is 0 Å². The summed E-state index contributed by atoms with van der Waals surface area (Å²) in [7, 11) is 0. The van der Waals surface area contributed by atoms with E-state index >= 15 is 0 Å². The Morgan fingerprint density at radius 3 is 1.62 bits per heavy atom. The second kappa shape index (κ2) is 7.26.